The van der Waals surface area contributed by atoms with E-state index in [9.17, 15) is 4.79 Å². The first kappa shape index (κ1) is 25.3. The normalized spacial score (nSPS) is 12.0. The molecule has 2 aromatic rings. The fraction of sp³-hybridized carbons (Fsp3) is 0.480. The molecule has 0 heterocycles. The first-order valence-corrected chi connectivity index (χ1v) is 12.1. The Kier molecular flexibility index (Phi) is 9.95. The predicted octanol–water partition coefficient (Wildman–Crippen LogP) is 5.63. The molecule has 1 unspecified atom stereocenters. The Labute approximate surface area is 187 Å². The molecule has 0 radical (unpaired) electrons. The monoisotopic (exact) mass is 446 g/mol. The molecule has 0 aliphatic heterocycles. The van der Waals surface area contributed by atoms with Gasteiger partial charge in [0.1, 0.15) is 19.6 Å². The number of aryl methyl sites for hydroxylation is 2. The van der Waals surface area contributed by atoms with Crippen molar-refractivity contribution in [2.45, 2.75) is 48.5 Å². The third kappa shape index (κ3) is 6.29. The van der Waals surface area contributed by atoms with Crippen LogP contribution in [0.15, 0.2) is 24.3 Å². The minimum atomic E-state index is -1.62. The molecule has 170 valence electrons. The Bertz CT molecular complexity index is 894. The van der Waals surface area contributed by atoms with Gasteiger partial charge in [0.2, 0.25) is 5.52 Å². The summed E-state index contributed by atoms with van der Waals surface area (Å²) in [7, 11) is -1.62. The van der Waals surface area contributed by atoms with Crippen LogP contribution in [-0.2, 0) is 9.26 Å². The Balaban J connectivity index is 2.53. The zero-order valence-electron chi connectivity index (χ0n) is 19.8. The minimum absolute atomic E-state index is 0.00490. The standard InChI is InChI=1S/C25H35O5P/c1-8-27-13-14-30-31(23-12-11-21(28-9-2)16-22(23)29-10-3)25(26)24-18(5)15-17(4)19(6)20(24)7/h11-12,15-16H,8-10,13-14H2,1-7H3. The highest BCUT2D eigenvalue weighted by molar-refractivity contribution is 7.78. The molecule has 0 spiro atoms. The largest absolute Gasteiger partial charge is 0.494 e. The van der Waals surface area contributed by atoms with Crippen molar-refractivity contribution >= 4 is 19.0 Å². The van der Waals surface area contributed by atoms with Crippen molar-refractivity contribution in [1.82, 2.24) is 0 Å². The zero-order chi connectivity index (χ0) is 23.0. The first-order valence-electron chi connectivity index (χ1n) is 10.9. The van der Waals surface area contributed by atoms with Crippen molar-refractivity contribution in [1.29, 1.82) is 0 Å². The summed E-state index contributed by atoms with van der Waals surface area (Å²) in [5, 5.41) is 0.763. The Hall–Kier alpha value is -1.94. The molecule has 5 nitrogen and oxygen atoms in total. The Morgan fingerprint density at radius 2 is 1.55 bits per heavy atom. The van der Waals surface area contributed by atoms with Crippen LogP contribution in [0.3, 0.4) is 0 Å². The molecule has 31 heavy (non-hydrogen) atoms. The molecule has 0 aliphatic carbocycles. The van der Waals surface area contributed by atoms with E-state index in [2.05, 4.69) is 19.9 Å². The molecule has 0 saturated carbocycles. The quantitative estimate of drug-likeness (QED) is 0.312. The molecular weight excluding hydrogens is 411 g/mol. The second kappa shape index (κ2) is 12.2. The van der Waals surface area contributed by atoms with Gasteiger partial charge in [-0.1, -0.05) is 6.07 Å². The van der Waals surface area contributed by atoms with E-state index < -0.39 is 8.15 Å². The number of hydrogen-bond donors (Lipinski definition) is 0. The lowest BCUT2D eigenvalue weighted by atomic mass is 9.95. The lowest BCUT2D eigenvalue weighted by Crippen LogP contribution is -2.18. The van der Waals surface area contributed by atoms with E-state index in [1.807, 2.05) is 52.8 Å². The van der Waals surface area contributed by atoms with Gasteiger partial charge in [-0.25, -0.2) is 0 Å². The van der Waals surface area contributed by atoms with Crippen LogP contribution in [0, 0.1) is 27.7 Å². The average Bonchev–Trinajstić information content (AvgIpc) is 2.73. The molecule has 0 saturated heterocycles. The van der Waals surface area contributed by atoms with Crippen LogP contribution >= 0.6 is 8.15 Å². The predicted molar refractivity (Wildman–Crippen MR) is 127 cm³/mol. The van der Waals surface area contributed by atoms with Gasteiger partial charge in [-0.15, -0.1) is 0 Å². The molecule has 6 heteroatoms. The van der Waals surface area contributed by atoms with Crippen LogP contribution in [0.25, 0.3) is 0 Å². The van der Waals surface area contributed by atoms with E-state index in [1.54, 1.807) is 0 Å². The molecule has 0 N–H and O–H groups in total. The van der Waals surface area contributed by atoms with Gasteiger partial charge in [0.25, 0.3) is 0 Å². The Morgan fingerprint density at radius 3 is 2.19 bits per heavy atom. The summed E-state index contributed by atoms with van der Waals surface area (Å²) in [6.07, 6.45) is 0. The van der Waals surface area contributed by atoms with Crippen molar-refractivity contribution < 1.29 is 23.5 Å². The van der Waals surface area contributed by atoms with Gasteiger partial charge in [-0.3, -0.25) is 4.79 Å². The number of benzene rings is 2. The zero-order valence-corrected chi connectivity index (χ0v) is 20.7. The van der Waals surface area contributed by atoms with Crippen molar-refractivity contribution in [2.75, 3.05) is 33.0 Å². The minimum Gasteiger partial charge on any atom is -0.494 e. The van der Waals surface area contributed by atoms with Crippen molar-refractivity contribution in [3.63, 3.8) is 0 Å². The van der Waals surface area contributed by atoms with E-state index in [4.69, 9.17) is 18.7 Å². The lowest BCUT2D eigenvalue weighted by Gasteiger charge is -2.23. The molecule has 0 bridgehead atoms. The van der Waals surface area contributed by atoms with Gasteiger partial charge in [-0.05, 0) is 82.9 Å². The molecule has 0 fully saturated rings. The summed E-state index contributed by atoms with van der Waals surface area (Å²) in [5.41, 5.74) is 5.03. The van der Waals surface area contributed by atoms with E-state index in [1.165, 1.54) is 5.56 Å². The highest BCUT2D eigenvalue weighted by atomic mass is 31.1. The van der Waals surface area contributed by atoms with Crippen LogP contribution in [0.1, 0.15) is 53.4 Å². The Morgan fingerprint density at radius 1 is 0.839 bits per heavy atom. The molecule has 0 aliphatic rings. The summed E-state index contributed by atoms with van der Waals surface area (Å²) in [6.45, 7) is 16.4. The van der Waals surface area contributed by atoms with E-state index in [0.29, 0.717) is 44.5 Å². The van der Waals surface area contributed by atoms with Gasteiger partial charge >= 0.3 is 0 Å². The molecular formula is C25H35O5P. The SMILES string of the molecule is CCOCCOP(C(=O)c1c(C)cc(C)c(C)c1C)c1ccc(OCC)cc1OCC. The van der Waals surface area contributed by atoms with E-state index >= 15 is 0 Å². The molecule has 2 rings (SSSR count). The second-order valence-corrected chi connectivity index (χ2v) is 9.00. The fourth-order valence-corrected chi connectivity index (χ4v) is 5.29. The van der Waals surface area contributed by atoms with Crippen molar-refractivity contribution in [2.24, 2.45) is 0 Å². The summed E-state index contributed by atoms with van der Waals surface area (Å²) < 4.78 is 23.2. The maximum absolute atomic E-state index is 13.9. The van der Waals surface area contributed by atoms with Crippen LogP contribution in [0.5, 0.6) is 11.5 Å². The van der Waals surface area contributed by atoms with Gasteiger partial charge in [0.15, 0.2) is 0 Å². The highest BCUT2D eigenvalue weighted by Gasteiger charge is 2.30. The number of rotatable bonds is 12. The number of hydrogen-bond acceptors (Lipinski definition) is 5. The van der Waals surface area contributed by atoms with Crippen molar-refractivity contribution in [3.8, 4) is 11.5 Å². The molecule has 0 amide bonds. The molecule has 0 aromatic heterocycles. The van der Waals surface area contributed by atoms with Crippen LogP contribution in [-0.4, -0.2) is 38.6 Å². The highest BCUT2D eigenvalue weighted by Crippen LogP contribution is 2.45. The smallest absolute Gasteiger partial charge is 0.216 e. The van der Waals surface area contributed by atoms with Crippen molar-refractivity contribution in [3.05, 3.63) is 52.1 Å². The van der Waals surface area contributed by atoms with Gasteiger partial charge in [0.05, 0.1) is 31.7 Å². The van der Waals surface area contributed by atoms with Crippen LogP contribution < -0.4 is 14.8 Å². The second-order valence-electron chi connectivity index (χ2n) is 7.26. The average molecular weight is 447 g/mol. The summed E-state index contributed by atoms with van der Waals surface area (Å²) in [4.78, 5) is 13.9. The number of ether oxygens (including phenoxy) is 3. The van der Waals surface area contributed by atoms with Crippen LogP contribution in [0.2, 0.25) is 0 Å². The number of carbonyl (C=O) groups excluding carboxylic acids is 1. The van der Waals surface area contributed by atoms with E-state index in [0.717, 1.165) is 27.6 Å². The topological polar surface area (TPSA) is 54.0 Å². The third-order valence-corrected chi connectivity index (χ3v) is 7.01. The molecule has 2 aromatic carbocycles. The van der Waals surface area contributed by atoms with Gasteiger partial charge in [-0.2, -0.15) is 0 Å². The first-order chi connectivity index (χ1) is 14.8. The lowest BCUT2D eigenvalue weighted by molar-refractivity contribution is 0.102. The van der Waals surface area contributed by atoms with E-state index in [-0.39, 0.29) is 5.52 Å². The summed E-state index contributed by atoms with van der Waals surface area (Å²) in [6, 6.07) is 7.68. The summed E-state index contributed by atoms with van der Waals surface area (Å²) >= 11 is 0. The van der Waals surface area contributed by atoms with Gasteiger partial charge < -0.3 is 18.7 Å². The third-order valence-electron chi connectivity index (χ3n) is 5.17. The fourth-order valence-electron chi connectivity index (χ4n) is 3.47. The van der Waals surface area contributed by atoms with Crippen LogP contribution in [0.4, 0.5) is 0 Å². The van der Waals surface area contributed by atoms with Gasteiger partial charge in [0, 0.05) is 18.2 Å². The maximum atomic E-state index is 13.9. The number of carbonyl (C=O) groups is 1. The summed E-state index contributed by atoms with van der Waals surface area (Å²) in [5.74, 6) is 1.34. The molecule has 1 atom stereocenters. The maximum Gasteiger partial charge on any atom is 0.216 e.